The van der Waals surface area contributed by atoms with E-state index in [4.69, 9.17) is 4.74 Å². The Morgan fingerprint density at radius 1 is 1.47 bits per heavy atom. The molecule has 0 fully saturated rings. The van der Waals surface area contributed by atoms with Gasteiger partial charge >= 0.3 is 6.09 Å². The van der Waals surface area contributed by atoms with E-state index in [0.717, 1.165) is 17.6 Å². The quantitative estimate of drug-likeness (QED) is 0.854. The van der Waals surface area contributed by atoms with Crippen LogP contribution in [0.1, 0.15) is 26.5 Å². The van der Waals surface area contributed by atoms with Gasteiger partial charge in [-0.3, -0.25) is 9.50 Å². The Bertz CT molecular complexity index is 545. The lowest BCUT2D eigenvalue weighted by molar-refractivity contribution is 0.0636. The third-order valence-corrected chi connectivity index (χ3v) is 2.93. The highest BCUT2D eigenvalue weighted by Gasteiger charge is 2.17. The van der Waals surface area contributed by atoms with E-state index >= 15 is 0 Å². The number of hydrogen-bond donors (Lipinski definition) is 1. The van der Waals surface area contributed by atoms with Crippen LogP contribution >= 0.6 is 11.3 Å². The predicted molar refractivity (Wildman–Crippen MR) is 71.6 cm³/mol. The minimum absolute atomic E-state index is 0.161. The fourth-order valence-corrected chi connectivity index (χ4v) is 2.00. The zero-order chi connectivity index (χ0) is 14.7. The van der Waals surface area contributed by atoms with Crippen molar-refractivity contribution < 1.29 is 22.1 Å². The summed E-state index contributed by atoms with van der Waals surface area (Å²) >= 11 is 1.16. The van der Waals surface area contributed by atoms with E-state index in [1.54, 1.807) is 26.2 Å². The number of thiazole rings is 1. The second-order valence-electron chi connectivity index (χ2n) is 4.74. The summed E-state index contributed by atoms with van der Waals surface area (Å²) in [6.45, 7) is 5.09. The minimum Gasteiger partial charge on any atom is -0.444 e. The molecule has 0 unspecified atom stereocenters. The lowest BCUT2D eigenvalue weighted by Crippen LogP contribution is -2.27. The fraction of sp³-hybridized carbons (Fsp3) is 0.600. The maximum absolute atomic E-state index is 11.5. The van der Waals surface area contributed by atoms with Gasteiger partial charge in [-0.05, 0) is 20.8 Å². The molecule has 7 nitrogen and oxygen atoms in total. The summed E-state index contributed by atoms with van der Waals surface area (Å²) < 4.78 is 31.3. The van der Waals surface area contributed by atoms with Gasteiger partial charge in [-0.15, -0.1) is 11.3 Å². The van der Waals surface area contributed by atoms with Crippen molar-refractivity contribution in [3.63, 3.8) is 0 Å². The molecule has 0 saturated heterocycles. The van der Waals surface area contributed by atoms with Gasteiger partial charge in [0.25, 0.3) is 10.1 Å². The normalized spacial score (nSPS) is 12.2. The van der Waals surface area contributed by atoms with Crippen LogP contribution in [0, 0.1) is 0 Å². The second kappa shape index (κ2) is 5.85. The molecule has 0 aliphatic rings. The van der Waals surface area contributed by atoms with Gasteiger partial charge in [0.05, 0.1) is 11.9 Å². The summed E-state index contributed by atoms with van der Waals surface area (Å²) in [6.07, 6.45) is 0.344. The van der Waals surface area contributed by atoms with Crippen LogP contribution in [0.2, 0.25) is 0 Å². The number of aromatic nitrogens is 1. The third-order valence-electron chi connectivity index (χ3n) is 1.58. The number of anilines is 1. The van der Waals surface area contributed by atoms with Crippen LogP contribution in [0.5, 0.6) is 0 Å². The number of carbonyl (C=O) groups excluding carboxylic acids is 1. The van der Waals surface area contributed by atoms with E-state index in [9.17, 15) is 13.2 Å². The maximum Gasteiger partial charge on any atom is 0.413 e. The monoisotopic (exact) mass is 308 g/mol. The Labute approximate surface area is 116 Å². The predicted octanol–water partition coefficient (Wildman–Crippen LogP) is 1.97. The zero-order valence-electron chi connectivity index (χ0n) is 11.1. The van der Waals surface area contributed by atoms with Crippen molar-refractivity contribution in [2.45, 2.75) is 33.0 Å². The van der Waals surface area contributed by atoms with Crippen LogP contribution in [-0.4, -0.2) is 31.4 Å². The molecule has 0 bridgehead atoms. The molecule has 1 N–H and O–H groups in total. The number of nitrogens with one attached hydrogen (secondary N) is 1. The molecule has 0 radical (unpaired) electrons. The lowest BCUT2D eigenvalue weighted by atomic mass is 10.2. The van der Waals surface area contributed by atoms with Crippen molar-refractivity contribution in [1.29, 1.82) is 0 Å². The van der Waals surface area contributed by atoms with E-state index in [1.165, 1.54) is 0 Å². The number of carbonyl (C=O) groups is 1. The van der Waals surface area contributed by atoms with Gasteiger partial charge in [0.15, 0.2) is 5.13 Å². The van der Waals surface area contributed by atoms with E-state index in [2.05, 4.69) is 14.5 Å². The average molecular weight is 308 g/mol. The van der Waals surface area contributed by atoms with E-state index in [-0.39, 0.29) is 6.61 Å². The molecule has 19 heavy (non-hydrogen) atoms. The summed E-state index contributed by atoms with van der Waals surface area (Å²) in [7, 11) is -3.51. The van der Waals surface area contributed by atoms with Gasteiger partial charge in [-0.25, -0.2) is 9.78 Å². The molecule has 9 heteroatoms. The lowest BCUT2D eigenvalue weighted by Gasteiger charge is -2.18. The van der Waals surface area contributed by atoms with E-state index < -0.39 is 21.8 Å². The summed E-state index contributed by atoms with van der Waals surface area (Å²) in [5.41, 5.74) is -0.176. The summed E-state index contributed by atoms with van der Waals surface area (Å²) in [6, 6.07) is 0. The van der Waals surface area contributed by atoms with Crippen LogP contribution in [-0.2, 0) is 25.6 Å². The van der Waals surface area contributed by atoms with Crippen molar-refractivity contribution in [2.75, 3.05) is 11.6 Å². The highest BCUT2D eigenvalue weighted by molar-refractivity contribution is 7.85. The largest absolute Gasteiger partial charge is 0.444 e. The Morgan fingerprint density at radius 3 is 2.63 bits per heavy atom. The van der Waals surface area contributed by atoms with Gasteiger partial charge in [0.2, 0.25) is 0 Å². The molecule has 0 saturated carbocycles. The van der Waals surface area contributed by atoms with Crippen LogP contribution in [0.25, 0.3) is 0 Å². The summed E-state index contributed by atoms with van der Waals surface area (Å²) in [5.74, 6) is 0. The number of amides is 1. The third kappa shape index (κ3) is 7.09. The fourth-order valence-electron chi connectivity index (χ4n) is 0.989. The van der Waals surface area contributed by atoms with Crippen LogP contribution < -0.4 is 5.32 Å². The second-order valence-corrected chi connectivity index (χ2v) is 7.24. The first-order valence-electron chi connectivity index (χ1n) is 5.34. The topological polar surface area (TPSA) is 94.6 Å². The molecule has 1 aromatic rings. The van der Waals surface area contributed by atoms with Crippen molar-refractivity contribution in [2.24, 2.45) is 0 Å². The highest BCUT2D eigenvalue weighted by atomic mass is 32.2. The summed E-state index contributed by atoms with van der Waals surface area (Å²) in [5, 5.41) is 4.37. The SMILES string of the molecule is CC(C)(C)OC(=O)Nc1nc(COS(C)(=O)=O)cs1. The van der Waals surface area contributed by atoms with Gasteiger partial charge in [-0.1, -0.05) is 0 Å². The van der Waals surface area contributed by atoms with E-state index in [0.29, 0.717) is 10.8 Å². The Morgan fingerprint density at radius 2 is 2.11 bits per heavy atom. The first-order valence-corrected chi connectivity index (χ1v) is 8.03. The highest BCUT2D eigenvalue weighted by Crippen LogP contribution is 2.18. The molecule has 0 aliphatic carbocycles. The number of rotatable bonds is 4. The van der Waals surface area contributed by atoms with Crippen molar-refractivity contribution in [3.8, 4) is 0 Å². The van der Waals surface area contributed by atoms with E-state index in [1.807, 2.05) is 0 Å². The van der Waals surface area contributed by atoms with Gasteiger partial charge < -0.3 is 4.74 Å². The Kier molecular flexibility index (Phi) is 4.88. The molecule has 0 atom stereocenters. The minimum atomic E-state index is -3.51. The Balaban J connectivity index is 2.53. The molecular weight excluding hydrogens is 292 g/mol. The van der Waals surface area contributed by atoms with Gasteiger partial charge in [-0.2, -0.15) is 8.42 Å². The van der Waals surface area contributed by atoms with Crippen molar-refractivity contribution in [1.82, 2.24) is 4.98 Å². The molecule has 0 aromatic carbocycles. The van der Waals surface area contributed by atoms with Crippen LogP contribution in [0.3, 0.4) is 0 Å². The van der Waals surface area contributed by atoms with Crippen LogP contribution in [0.15, 0.2) is 5.38 Å². The number of ether oxygens (including phenoxy) is 1. The van der Waals surface area contributed by atoms with Crippen molar-refractivity contribution >= 4 is 32.7 Å². The molecule has 0 aliphatic heterocycles. The van der Waals surface area contributed by atoms with Gasteiger partial charge in [0, 0.05) is 5.38 Å². The number of hydrogen-bond acceptors (Lipinski definition) is 7. The summed E-state index contributed by atoms with van der Waals surface area (Å²) in [4.78, 5) is 15.5. The molecule has 1 amide bonds. The molecule has 1 heterocycles. The average Bonchev–Trinajstić information content (AvgIpc) is 2.58. The smallest absolute Gasteiger partial charge is 0.413 e. The molecule has 108 valence electrons. The Hall–Kier alpha value is -1.19. The molecule has 0 spiro atoms. The zero-order valence-corrected chi connectivity index (χ0v) is 12.7. The van der Waals surface area contributed by atoms with Crippen LogP contribution in [0.4, 0.5) is 9.93 Å². The maximum atomic E-state index is 11.5. The van der Waals surface area contributed by atoms with Gasteiger partial charge in [0.1, 0.15) is 12.2 Å². The number of nitrogens with zero attached hydrogens (tertiary/aromatic N) is 1. The first kappa shape index (κ1) is 15.9. The molecule has 1 rings (SSSR count). The standard InChI is InChI=1S/C10H16N2O5S2/c1-10(2,3)17-9(13)12-8-11-7(6-18-8)5-16-19(4,14)15/h6H,5H2,1-4H3,(H,11,12,13). The van der Waals surface area contributed by atoms with Crippen molar-refractivity contribution in [3.05, 3.63) is 11.1 Å². The first-order chi connectivity index (χ1) is 8.55. The molecule has 1 aromatic heterocycles. The molecular formula is C10H16N2O5S2.